The fraction of sp³-hybridized carbons (Fsp3) is 0.350. The number of hydrogen-bond acceptors (Lipinski definition) is 3. The molecule has 0 unspecified atom stereocenters. The van der Waals surface area contributed by atoms with Crippen LogP contribution in [0, 0.1) is 0 Å². The Balaban J connectivity index is 1.62. The topological polar surface area (TPSA) is 38.3 Å². The summed E-state index contributed by atoms with van der Waals surface area (Å²) in [6.45, 7) is 2.68. The molecule has 2 aliphatic rings. The van der Waals surface area contributed by atoms with Gasteiger partial charge in [0, 0.05) is 11.4 Å². The third-order valence-corrected chi connectivity index (χ3v) is 4.21. The van der Waals surface area contributed by atoms with Crippen LogP contribution in [0.1, 0.15) is 44.6 Å². The molecule has 3 nitrogen and oxygen atoms in total. The SMILES string of the molecule is CCCCCCOC(=O)C1=CCC2=Cc3ccccc3NC2=C1. The van der Waals surface area contributed by atoms with Crippen LogP contribution in [0.2, 0.25) is 0 Å². The van der Waals surface area contributed by atoms with Crippen LogP contribution in [-0.4, -0.2) is 12.6 Å². The first-order valence-corrected chi connectivity index (χ1v) is 8.44. The maximum atomic E-state index is 12.2. The number of nitrogens with one attached hydrogen (secondary N) is 1. The molecule has 0 saturated carbocycles. The Morgan fingerprint density at radius 2 is 2.04 bits per heavy atom. The van der Waals surface area contributed by atoms with Gasteiger partial charge in [0.05, 0.1) is 12.2 Å². The van der Waals surface area contributed by atoms with Gasteiger partial charge in [-0.15, -0.1) is 0 Å². The number of carbonyl (C=O) groups is 1. The van der Waals surface area contributed by atoms with E-state index < -0.39 is 0 Å². The maximum absolute atomic E-state index is 12.2. The molecule has 0 spiro atoms. The Kier molecular flexibility index (Phi) is 4.96. The number of hydrogen-bond donors (Lipinski definition) is 1. The van der Waals surface area contributed by atoms with Crippen molar-refractivity contribution < 1.29 is 9.53 Å². The van der Waals surface area contributed by atoms with Gasteiger partial charge >= 0.3 is 5.97 Å². The minimum atomic E-state index is -0.214. The number of rotatable bonds is 6. The number of carbonyl (C=O) groups excluding carboxylic acids is 1. The van der Waals surface area contributed by atoms with Crippen molar-refractivity contribution in [1.29, 1.82) is 0 Å². The molecule has 0 amide bonds. The highest BCUT2D eigenvalue weighted by Crippen LogP contribution is 2.34. The third kappa shape index (κ3) is 3.73. The average Bonchev–Trinajstić information content (AvgIpc) is 2.59. The highest BCUT2D eigenvalue weighted by atomic mass is 16.5. The second-order valence-electron chi connectivity index (χ2n) is 6.00. The monoisotopic (exact) mass is 309 g/mol. The number of para-hydroxylation sites is 1. The van der Waals surface area contributed by atoms with Gasteiger partial charge in [-0.25, -0.2) is 4.79 Å². The van der Waals surface area contributed by atoms with Crippen molar-refractivity contribution in [1.82, 2.24) is 0 Å². The summed E-state index contributed by atoms with van der Waals surface area (Å²) in [5.74, 6) is -0.214. The number of allylic oxidation sites excluding steroid dienone is 2. The van der Waals surface area contributed by atoms with Crippen molar-refractivity contribution in [3.05, 3.63) is 58.8 Å². The van der Waals surface area contributed by atoms with Crippen molar-refractivity contribution in [2.45, 2.75) is 39.0 Å². The number of anilines is 1. The van der Waals surface area contributed by atoms with E-state index in [0.29, 0.717) is 12.2 Å². The zero-order valence-electron chi connectivity index (χ0n) is 13.6. The molecule has 0 fully saturated rings. The minimum Gasteiger partial charge on any atom is -0.462 e. The fourth-order valence-electron chi connectivity index (χ4n) is 2.88. The lowest BCUT2D eigenvalue weighted by Crippen LogP contribution is -2.15. The molecule has 23 heavy (non-hydrogen) atoms. The molecule has 3 heteroatoms. The molecule has 1 aromatic rings. The molecule has 0 aromatic heterocycles. The lowest BCUT2D eigenvalue weighted by atomic mass is 9.93. The lowest BCUT2D eigenvalue weighted by Gasteiger charge is -2.24. The Hall–Kier alpha value is -2.29. The van der Waals surface area contributed by atoms with Gasteiger partial charge < -0.3 is 10.1 Å². The number of unbranched alkanes of at least 4 members (excludes halogenated alkanes) is 3. The smallest absolute Gasteiger partial charge is 0.337 e. The molecule has 1 N–H and O–H groups in total. The number of esters is 1. The molecule has 120 valence electrons. The molecule has 1 aliphatic carbocycles. The second kappa shape index (κ2) is 7.32. The van der Waals surface area contributed by atoms with Crippen molar-refractivity contribution >= 4 is 17.7 Å². The van der Waals surface area contributed by atoms with Crippen LogP contribution in [0.15, 0.2) is 53.3 Å². The van der Waals surface area contributed by atoms with Crippen LogP contribution in [0.4, 0.5) is 5.69 Å². The summed E-state index contributed by atoms with van der Waals surface area (Å²) < 4.78 is 5.38. The first kappa shape index (κ1) is 15.6. The molecule has 0 saturated heterocycles. The van der Waals surface area contributed by atoms with E-state index in [0.717, 1.165) is 30.6 Å². The second-order valence-corrected chi connectivity index (χ2v) is 6.00. The van der Waals surface area contributed by atoms with Gasteiger partial charge in [0.25, 0.3) is 0 Å². The normalized spacial score (nSPS) is 15.4. The molecule has 1 aromatic carbocycles. The number of ether oxygens (including phenoxy) is 1. The summed E-state index contributed by atoms with van der Waals surface area (Å²) in [6.07, 6.45) is 11.2. The summed E-state index contributed by atoms with van der Waals surface area (Å²) in [5, 5.41) is 3.41. The van der Waals surface area contributed by atoms with Crippen molar-refractivity contribution in [3.8, 4) is 0 Å². The van der Waals surface area contributed by atoms with E-state index in [9.17, 15) is 4.79 Å². The highest BCUT2D eigenvalue weighted by molar-refractivity contribution is 5.94. The first-order chi connectivity index (χ1) is 11.3. The number of benzene rings is 1. The lowest BCUT2D eigenvalue weighted by molar-refractivity contribution is -0.138. The number of fused-ring (bicyclic) bond motifs is 2. The van der Waals surface area contributed by atoms with Crippen molar-refractivity contribution in [2.24, 2.45) is 0 Å². The zero-order chi connectivity index (χ0) is 16.1. The van der Waals surface area contributed by atoms with Crippen LogP contribution in [-0.2, 0) is 9.53 Å². The summed E-state index contributed by atoms with van der Waals surface area (Å²) in [7, 11) is 0. The van der Waals surface area contributed by atoms with E-state index in [2.05, 4.69) is 24.4 Å². The largest absolute Gasteiger partial charge is 0.462 e. The van der Waals surface area contributed by atoms with E-state index in [-0.39, 0.29) is 5.97 Å². The summed E-state index contributed by atoms with van der Waals surface area (Å²) in [4.78, 5) is 12.2. The highest BCUT2D eigenvalue weighted by Gasteiger charge is 2.20. The van der Waals surface area contributed by atoms with E-state index in [4.69, 9.17) is 4.74 Å². The average molecular weight is 309 g/mol. The Bertz CT molecular complexity index is 683. The maximum Gasteiger partial charge on any atom is 0.337 e. The molecule has 3 rings (SSSR count). The first-order valence-electron chi connectivity index (χ1n) is 8.44. The predicted molar refractivity (Wildman–Crippen MR) is 93.9 cm³/mol. The van der Waals surface area contributed by atoms with E-state index in [1.54, 1.807) is 0 Å². The molecule has 0 atom stereocenters. The van der Waals surface area contributed by atoms with Gasteiger partial charge in [-0.1, -0.05) is 50.5 Å². The van der Waals surface area contributed by atoms with Gasteiger partial charge in [0.2, 0.25) is 0 Å². The third-order valence-electron chi connectivity index (χ3n) is 4.21. The Labute approximate surface area is 137 Å². The van der Waals surface area contributed by atoms with Crippen LogP contribution < -0.4 is 5.32 Å². The molecule has 1 aliphatic heterocycles. The van der Waals surface area contributed by atoms with Crippen LogP contribution >= 0.6 is 0 Å². The molecular weight excluding hydrogens is 286 g/mol. The zero-order valence-corrected chi connectivity index (χ0v) is 13.6. The Morgan fingerprint density at radius 3 is 2.91 bits per heavy atom. The molecule has 0 radical (unpaired) electrons. The predicted octanol–water partition coefficient (Wildman–Crippen LogP) is 4.83. The van der Waals surface area contributed by atoms with Gasteiger partial charge in [-0.3, -0.25) is 0 Å². The molecular formula is C20H23NO2. The van der Waals surface area contributed by atoms with Gasteiger partial charge in [-0.05, 0) is 42.2 Å². The van der Waals surface area contributed by atoms with Gasteiger partial charge in [0.1, 0.15) is 0 Å². The summed E-state index contributed by atoms with van der Waals surface area (Å²) in [5.41, 5.74) is 5.14. The van der Waals surface area contributed by atoms with Crippen LogP contribution in [0.3, 0.4) is 0 Å². The van der Waals surface area contributed by atoms with Gasteiger partial charge in [-0.2, -0.15) is 0 Å². The molecule has 0 bridgehead atoms. The molecule has 1 heterocycles. The van der Waals surface area contributed by atoms with Crippen LogP contribution in [0.5, 0.6) is 0 Å². The van der Waals surface area contributed by atoms with Crippen molar-refractivity contribution in [2.75, 3.05) is 11.9 Å². The summed E-state index contributed by atoms with van der Waals surface area (Å²) >= 11 is 0. The van der Waals surface area contributed by atoms with Crippen molar-refractivity contribution in [3.63, 3.8) is 0 Å². The standard InChI is InChI=1S/C20H23NO2/c1-2-3-4-7-12-23-20(22)17-11-10-16-13-15-8-5-6-9-18(15)21-19(16)14-17/h5-6,8-9,11,13-14,21H,2-4,7,10,12H2,1H3. The fourth-order valence-corrected chi connectivity index (χ4v) is 2.88. The van der Waals surface area contributed by atoms with E-state index in [1.807, 2.05) is 30.4 Å². The quantitative estimate of drug-likeness (QED) is 0.604. The van der Waals surface area contributed by atoms with E-state index >= 15 is 0 Å². The summed E-state index contributed by atoms with van der Waals surface area (Å²) in [6, 6.07) is 8.19. The van der Waals surface area contributed by atoms with E-state index in [1.165, 1.54) is 24.0 Å². The Morgan fingerprint density at radius 1 is 1.17 bits per heavy atom. The minimum absolute atomic E-state index is 0.214. The van der Waals surface area contributed by atoms with Gasteiger partial charge in [0.15, 0.2) is 0 Å². The van der Waals surface area contributed by atoms with Crippen LogP contribution in [0.25, 0.3) is 6.08 Å².